The SMILES string of the molecule is COc1ccc2c(c1O)[C@]13CCN(CC4CC4)C(C2)[C@@H]1CC1c2ccccc2NC1C3. The average molecular weight is 417 g/mol. The summed E-state index contributed by atoms with van der Waals surface area (Å²) in [6.07, 6.45) is 7.37. The summed E-state index contributed by atoms with van der Waals surface area (Å²) in [6.45, 7) is 2.44. The highest BCUT2D eigenvalue weighted by atomic mass is 16.5. The first-order valence-electron chi connectivity index (χ1n) is 12.2. The Morgan fingerprint density at radius 2 is 2.06 bits per heavy atom. The molecule has 4 heteroatoms. The predicted octanol–water partition coefficient (Wildman–Crippen LogP) is 4.67. The molecule has 7 rings (SSSR count). The highest BCUT2D eigenvalue weighted by Crippen LogP contribution is 2.63. The summed E-state index contributed by atoms with van der Waals surface area (Å²) < 4.78 is 5.57. The van der Waals surface area contributed by atoms with Crippen molar-refractivity contribution in [2.75, 3.05) is 25.5 Å². The Bertz CT molecular complexity index is 1050. The van der Waals surface area contributed by atoms with Crippen LogP contribution < -0.4 is 10.1 Å². The number of nitrogens with zero attached hydrogens (tertiary/aromatic N) is 1. The number of ether oxygens (including phenoxy) is 1. The first kappa shape index (κ1) is 18.4. The molecular weight excluding hydrogens is 384 g/mol. The van der Waals surface area contributed by atoms with Crippen LogP contribution in [0.15, 0.2) is 36.4 Å². The van der Waals surface area contributed by atoms with Crippen LogP contribution in [0, 0.1) is 11.8 Å². The van der Waals surface area contributed by atoms with E-state index in [1.54, 1.807) is 7.11 Å². The van der Waals surface area contributed by atoms with Crippen LogP contribution in [-0.2, 0) is 11.8 Å². The van der Waals surface area contributed by atoms with Crippen LogP contribution in [0.4, 0.5) is 5.69 Å². The van der Waals surface area contributed by atoms with Gasteiger partial charge in [-0.05, 0) is 80.2 Å². The summed E-state index contributed by atoms with van der Waals surface area (Å²) in [5, 5.41) is 15.2. The molecule has 4 nitrogen and oxygen atoms in total. The molecule has 0 radical (unpaired) electrons. The maximum Gasteiger partial charge on any atom is 0.161 e. The van der Waals surface area contributed by atoms with Crippen molar-refractivity contribution in [3.63, 3.8) is 0 Å². The number of piperidine rings is 1. The smallest absolute Gasteiger partial charge is 0.161 e. The van der Waals surface area contributed by atoms with Crippen LogP contribution in [0.1, 0.15) is 54.7 Å². The van der Waals surface area contributed by atoms with Gasteiger partial charge in [0.25, 0.3) is 0 Å². The molecule has 31 heavy (non-hydrogen) atoms. The lowest BCUT2D eigenvalue weighted by molar-refractivity contribution is -0.0218. The standard InChI is InChI=1S/C27H32N2O2/c1-31-24-9-8-17-12-23-20-13-19-18-4-2-3-5-21(18)28-22(19)14-27(20,25(17)26(24)30)10-11-29(23)15-16-6-7-16/h2-5,8-9,16,19-20,22-23,28,30H,6-7,10-15H2,1H3/t19?,20-,22?,23?,27-/m0/s1. The number of aromatic hydroxyl groups is 1. The van der Waals surface area contributed by atoms with Crippen molar-refractivity contribution in [2.24, 2.45) is 11.8 Å². The van der Waals surface area contributed by atoms with E-state index in [-0.39, 0.29) is 5.41 Å². The van der Waals surface area contributed by atoms with E-state index in [2.05, 4.69) is 40.5 Å². The summed E-state index contributed by atoms with van der Waals surface area (Å²) in [5.74, 6) is 3.15. The molecule has 5 aliphatic rings. The summed E-state index contributed by atoms with van der Waals surface area (Å²) >= 11 is 0. The fourth-order valence-electron chi connectivity index (χ4n) is 7.84. The van der Waals surface area contributed by atoms with Gasteiger partial charge in [0.1, 0.15) is 0 Å². The second-order valence-corrected chi connectivity index (χ2v) is 10.8. The lowest BCUT2D eigenvalue weighted by atomic mass is 9.49. The fraction of sp³-hybridized carbons (Fsp3) is 0.556. The van der Waals surface area contributed by atoms with Crippen molar-refractivity contribution >= 4 is 5.69 Å². The van der Waals surface area contributed by atoms with Crippen molar-refractivity contribution in [2.45, 2.75) is 61.9 Å². The lowest BCUT2D eigenvalue weighted by Crippen LogP contribution is -2.63. The number of phenols is 1. The molecule has 2 heterocycles. The molecule has 1 saturated heterocycles. The number of methoxy groups -OCH3 is 1. The predicted molar refractivity (Wildman–Crippen MR) is 122 cm³/mol. The number of anilines is 1. The molecule has 3 unspecified atom stereocenters. The number of hydrogen-bond donors (Lipinski definition) is 2. The van der Waals surface area contributed by atoms with Gasteiger partial charge in [0, 0.05) is 41.2 Å². The number of hydrogen-bond acceptors (Lipinski definition) is 4. The Hall–Kier alpha value is -2.20. The van der Waals surface area contributed by atoms with Crippen LogP contribution in [0.25, 0.3) is 0 Å². The summed E-state index contributed by atoms with van der Waals surface area (Å²) in [4.78, 5) is 2.83. The number of fused-ring (bicyclic) bond motifs is 4. The second-order valence-electron chi connectivity index (χ2n) is 10.8. The van der Waals surface area contributed by atoms with E-state index < -0.39 is 0 Å². The van der Waals surface area contributed by atoms with Crippen LogP contribution in [0.3, 0.4) is 0 Å². The minimum absolute atomic E-state index is 0.0487. The quantitative estimate of drug-likeness (QED) is 0.763. The van der Waals surface area contributed by atoms with Crippen LogP contribution in [0.5, 0.6) is 11.5 Å². The van der Waals surface area contributed by atoms with Crippen molar-refractivity contribution < 1.29 is 9.84 Å². The highest BCUT2D eigenvalue weighted by molar-refractivity contribution is 5.62. The lowest BCUT2D eigenvalue weighted by Gasteiger charge is -2.61. The molecule has 162 valence electrons. The normalized spacial score (nSPS) is 35.4. The van der Waals surface area contributed by atoms with Crippen molar-refractivity contribution in [3.05, 3.63) is 53.1 Å². The van der Waals surface area contributed by atoms with Gasteiger partial charge in [-0.1, -0.05) is 24.3 Å². The Labute approximate surface area is 184 Å². The van der Waals surface area contributed by atoms with E-state index >= 15 is 0 Å². The molecule has 3 aliphatic carbocycles. The van der Waals surface area contributed by atoms with Gasteiger partial charge in [-0.25, -0.2) is 0 Å². The van der Waals surface area contributed by atoms with Gasteiger partial charge in [0.15, 0.2) is 11.5 Å². The monoisotopic (exact) mass is 416 g/mol. The van der Waals surface area contributed by atoms with Gasteiger partial charge in [-0.2, -0.15) is 0 Å². The maximum absolute atomic E-state index is 11.4. The Morgan fingerprint density at radius 1 is 1.19 bits per heavy atom. The molecular formula is C27H32N2O2. The largest absolute Gasteiger partial charge is 0.504 e. The molecule has 2 saturated carbocycles. The van der Waals surface area contributed by atoms with Gasteiger partial charge in [-0.3, -0.25) is 4.90 Å². The number of phenolic OH excluding ortho intramolecular Hbond substituents is 1. The molecule has 5 atom stereocenters. The van der Waals surface area contributed by atoms with E-state index in [1.165, 1.54) is 48.2 Å². The molecule has 2 N–H and O–H groups in total. The summed E-state index contributed by atoms with van der Waals surface area (Å²) in [6, 6.07) is 14.2. The maximum atomic E-state index is 11.4. The zero-order valence-electron chi connectivity index (χ0n) is 18.3. The average Bonchev–Trinajstić information content (AvgIpc) is 3.53. The molecule has 0 amide bonds. The van der Waals surface area contributed by atoms with E-state index in [4.69, 9.17) is 4.74 Å². The molecule has 2 aromatic rings. The number of nitrogens with one attached hydrogen (secondary N) is 1. The third-order valence-electron chi connectivity index (χ3n) is 9.33. The van der Waals surface area contributed by atoms with Crippen molar-refractivity contribution in [3.8, 4) is 11.5 Å². The molecule has 0 spiro atoms. The molecule has 0 aromatic heterocycles. The van der Waals surface area contributed by atoms with Gasteiger partial charge in [-0.15, -0.1) is 0 Å². The molecule has 2 bridgehead atoms. The van der Waals surface area contributed by atoms with Gasteiger partial charge in [0.2, 0.25) is 0 Å². The molecule has 3 fully saturated rings. The molecule has 2 aliphatic heterocycles. The number of likely N-dealkylation sites (tertiary alicyclic amines) is 1. The van der Waals surface area contributed by atoms with Crippen molar-refractivity contribution in [1.82, 2.24) is 4.90 Å². The van der Waals surface area contributed by atoms with Gasteiger partial charge < -0.3 is 15.2 Å². The summed E-state index contributed by atoms with van der Waals surface area (Å²) in [7, 11) is 1.67. The van der Waals surface area contributed by atoms with E-state index in [0.29, 0.717) is 35.4 Å². The number of benzene rings is 2. The molecule has 2 aromatic carbocycles. The van der Waals surface area contributed by atoms with Gasteiger partial charge in [0.05, 0.1) is 7.11 Å². The third kappa shape index (κ3) is 2.51. The Balaban J connectivity index is 1.36. The van der Waals surface area contributed by atoms with Crippen LogP contribution >= 0.6 is 0 Å². The fourth-order valence-corrected chi connectivity index (χ4v) is 7.84. The van der Waals surface area contributed by atoms with Crippen molar-refractivity contribution in [1.29, 1.82) is 0 Å². The summed E-state index contributed by atoms with van der Waals surface area (Å²) in [5.41, 5.74) is 5.46. The van der Waals surface area contributed by atoms with E-state index in [1.807, 2.05) is 6.07 Å². The number of rotatable bonds is 3. The Morgan fingerprint density at radius 3 is 2.90 bits per heavy atom. The second kappa shape index (κ2) is 6.41. The zero-order valence-corrected chi connectivity index (χ0v) is 18.3. The zero-order chi connectivity index (χ0) is 20.7. The Kier molecular flexibility index (Phi) is 3.80. The highest BCUT2D eigenvalue weighted by Gasteiger charge is 2.60. The minimum atomic E-state index is 0.0487. The number of para-hydroxylation sites is 1. The first-order chi connectivity index (χ1) is 15.2. The van der Waals surface area contributed by atoms with Crippen LogP contribution in [-0.4, -0.2) is 42.3 Å². The topological polar surface area (TPSA) is 44.7 Å². The van der Waals surface area contributed by atoms with E-state index in [9.17, 15) is 5.11 Å². The van der Waals surface area contributed by atoms with Gasteiger partial charge >= 0.3 is 0 Å². The minimum Gasteiger partial charge on any atom is -0.504 e. The first-order valence-corrected chi connectivity index (χ1v) is 12.2. The third-order valence-corrected chi connectivity index (χ3v) is 9.33. The van der Waals surface area contributed by atoms with Crippen LogP contribution in [0.2, 0.25) is 0 Å². The van der Waals surface area contributed by atoms with E-state index in [0.717, 1.165) is 31.7 Å².